The summed E-state index contributed by atoms with van der Waals surface area (Å²) >= 11 is 3.52. The minimum Gasteiger partial charge on any atom is -0.275 e. The van der Waals surface area contributed by atoms with Gasteiger partial charge in [-0.3, -0.25) is 4.57 Å². The Morgan fingerprint density at radius 1 is 0.889 bits per heavy atom. The number of fused-ring (bicyclic) bond motifs is 3. The van der Waals surface area contributed by atoms with Gasteiger partial charge in [-0.25, -0.2) is 0 Å². The van der Waals surface area contributed by atoms with E-state index in [0.717, 1.165) is 10.0 Å². The van der Waals surface area contributed by atoms with Crippen LogP contribution in [0.25, 0.3) is 21.5 Å². The predicted octanol–water partition coefficient (Wildman–Crippen LogP) is 5.55. The van der Waals surface area contributed by atoms with E-state index in [9.17, 15) is 4.57 Å². The molecule has 3 aromatic rings. The van der Waals surface area contributed by atoms with Gasteiger partial charge in [0, 0.05) is 4.47 Å². The maximum atomic E-state index is 10.7. The van der Waals surface area contributed by atoms with E-state index in [0.29, 0.717) is 6.16 Å². The van der Waals surface area contributed by atoms with Crippen LogP contribution in [-0.2, 0) is 10.7 Å². The van der Waals surface area contributed by atoms with Gasteiger partial charge in [-0.1, -0.05) is 46.3 Å². The van der Waals surface area contributed by atoms with Gasteiger partial charge in [0.1, 0.15) is 0 Å². The van der Waals surface area contributed by atoms with Crippen molar-refractivity contribution in [3.8, 4) is 0 Å². The summed E-state index contributed by atoms with van der Waals surface area (Å²) in [6.07, 6.45) is 0.570. The Morgan fingerprint density at radius 2 is 1.50 bits per heavy atom. The molecule has 3 rings (SSSR count). The third-order valence-corrected chi connectivity index (χ3v) is 4.10. The van der Waals surface area contributed by atoms with Crippen LogP contribution in [0.2, 0.25) is 0 Å². The Balaban J connectivity index is 2.38. The summed E-state index contributed by atoms with van der Waals surface area (Å²) in [6.45, 7) is 0. The molecule has 0 unspecified atom stereocenters. The number of hydrogen-bond donors (Lipinski definition) is 0. The van der Waals surface area contributed by atoms with E-state index in [2.05, 4.69) is 52.3 Å². The van der Waals surface area contributed by atoms with Crippen LogP contribution < -0.4 is 0 Å². The van der Waals surface area contributed by atoms with Gasteiger partial charge in [-0.05, 0) is 45.3 Å². The fraction of sp³-hybridized carbons (Fsp3) is 0.0667. The molecule has 0 aliphatic rings. The monoisotopic (exact) mass is 316 g/mol. The molecule has 0 saturated heterocycles. The van der Waals surface area contributed by atoms with Crippen molar-refractivity contribution in [3.05, 3.63) is 58.6 Å². The summed E-state index contributed by atoms with van der Waals surface area (Å²) in [5.41, 5.74) is 1.10. The molecule has 0 heterocycles. The highest BCUT2D eigenvalue weighted by atomic mass is 79.9. The van der Waals surface area contributed by atoms with Gasteiger partial charge in [0.15, 0.2) is 8.46 Å². The summed E-state index contributed by atoms with van der Waals surface area (Å²) in [4.78, 5) is 0. The quantitative estimate of drug-likeness (QED) is 0.447. The van der Waals surface area contributed by atoms with Crippen molar-refractivity contribution >= 4 is 45.9 Å². The molecule has 1 nitrogen and oxygen atoms in total. The van der Waals surface area contributed by atoms with Crippen LogP contribution >= 0.6 is 24.4 Å². The van der Waals surface area contributed by atoms with Crippen molar-refractivity contribution < 1.29 is 4.57 Å². The lowest BCUT2D eigenvalue weighted by atomic mass is 10.0. The Hall–Kier alpha value is -1.24. The van der Waals surface area contributed by atoms with Gasteiger partial charge in [-0.2, -0.15) is 0 Å². The van der Waals surface area contributed by atoms with E-state index in [1.54, 1.807) is 0 Å². The Morgan fingerprint density at radius 3 is 2.22 bits per heavy atom. The number of halogens is 1. The lowest BCUT2D eigenvalue weighted by Crippen LogP contribution is -1.82. The molecule has 0 bridgehead atoms. The standard InChI is InChI=1S/C15H10BrOP/c16-13-6-5-12-4-3-11-2-1-10(9-18-17)7-14(11)15(12)8-13/h1-8H,9H2. The zero-order valence-electron chi connectivity index (χ0n) is 9.56. The first-order chi connectivity index (χ1) is 8.78. The first-order valence-electron chi connectivity index (χ1n) is 5.68. The second-order valence-electron chi connectivity index (χ2n) is 4.27. The molecular weight excluding hydrogens is 307 g/mol. The highest BCUT2D eigenvalue weighted by molar-refractivity contribution is 9.10. The third-order valence-electron chi connectivity index (χ3n) is 3.11. The summed E-state index contributed by atoms with van der Waals surface area (Å²) in [7, 11) is 0.167. The summed E-state index contributed by atoms with van der Waals surface area (Å²) in [5, 5.41) is 4.88. The SMILES string of the molecule is O=PCc1ccc2ccc3ccc(Br)cc3c2c1. The average molecular weight is 317 g/mol. The number of rotatable bonds is 2. The van der Waals surface area contributed by atoms with E-state index in [1.165, 1.54) is 21.5 Å². The Labute approximate surface area is 115 Å². The van der Waals surface area contributed by atoms with E-state index in [4.69, 9.17) is 0 Å². The molecule has 18 heavy (non-hydrogen) atoms. The smallest absolute Gasteiger partial charge is 0.160 e. The molecular formula is C15H10BrOP. The normalized spacial score (nSPS) is 11.4. The fourth-order valence-electron chi connectivity index (χ4n) is 2.24. The van der Waals surface area contributed by atoms with Gasteiger partial charge in [0.2, 0.25) is 0 Å². The minimum atomic E-state index is 0.167. The highest BCUT2D eigenvalue weighted by Gasteiger charge is 2.02. The van der Waals surface area contributed by atoms with Crippen molar-refractivity contribution in [2.75, 3.05) is 0 Å². The van der Waals surface area contributed by atoms with Crippen molar-refractivity contribution in [3.63, 3.8) is 0 Å². The number of hydrogen-bond acceptors (Lipinski definition) is 1. The second-order valence-corrected chi connectivity index (χ2v) is 5.76. The first-order valence-corrected chi connectivity index (χ1v) is 7.47. The van der Waals surface area contributed by atoms with Gasteiger partial charge in [0.05, 0.1) is 6.16 Å². The molecule has 0 aromatic heterocycles. The maximum absolute atomic E-state index is 10.7. The van der Waals surface area contributed by atoms with Crippen LogP contribution in [-0.4, -0.2) is 0 Å². The molecule has 0 fully saturated rings. The maximum Gasteiger partial charge on any atom is 0.160 e. The second kappa shape index (κ2) is 4.79. The fourth-order valence-corrected chi connectivity index (χ4v) is 2.95. The average Bonchev–Trinajstić information content (AvgIpc) is 2.39. The molecule has 3 aromatic carbocycles. The van der Waals surface area contributed by atoms with E-state index < -0.39 is 0 Å². The van der Waals surface area contributed by atoms with Crippen LogP contribution in [0.4, 0.5) is 0 Å². The van der Waals surface area contributed by atoms with Crippen molar-refractivity contribution in [2.24, 2.45) is 0 Å². The summed E-state index contributed by atoms with van der Waals surface area (Å²) < 4.78 is 11.8. The van der Waals surface area contributed by atoms with Crippen molar-refractivity contribution in [1.29, 1.82) is 0 Å². The van der Waals surface area contributed by atoms with Gasteiger partial charge >= 0.3 is 0 Å². The van der Waals surface area contributed by atoms with Crippen LogP contribution in [0.3, 0.4) is 0 Å². The molecule has 0 aliphatic carbocycles. The Bertz CT molecular complexity index is 752. The summed E-state index contributed by atoms with van der Waals surface area (Å²) in [5.74, 6) is 0. The molecule has 0 amide bonds. The number of benzene rings is 3. The van der Waals surface area contributed by atoms with Crippen LogP contribution in [0.5, 0.6) is 0 Å². The third kappa shape index (κ3) is 2.07. The minimum absolute atomic E-state index is 0.167. The largest absolute Gasteiger partial charge is 0.275 e. The molecule has 0 atom stereocenters. The van der Waals surface area contributed by atoms with E-state index in [-0.39, 0.29) is 8.46 Å². The lowest BCUT2D eigenvalue weighted by molar-refractivity contribution is 0.598. The van der Waals surface area contributed by atoms with Crippen molar-refractivity contribution in [2.45, 2.75) is 6.16 Å². The molecule has 0 saturated carbocycles. The molecule has 3 heteroatoms. The van der Waals surface area contributed by atoms with E-state index in [1.807, 2.05) is 12.1 Å². The molecule has 0 radical (unpaired) electrons. The topological polar surface area (TPSA) is 17.1 Å². The zero-order chi connectivity index (χ0) is 12.5. The molecule has 88 valence electrons. The molecule has 0 aliphatic heterocycles. The van der Waals surface area contributed by atoms with Gasteiger partial charge in [0.25, 0.3) is 0 Å². The Kier molecular flexibility index (Phi) is 3.15. The first kappa shape index (κ1) is 11.8. The van der Waals surface area contributed by atoms with Crippen LogP contribution in [0, 0.1) is 0 Å². The molecule has 0 spiro atoms. The van der Waals surface area contributed by atoms with Crippen LogP contribution in [0.15, 0.2) is 53.0 Å². The summed E-state index contributed by atoms with van der Waals surface area (Å²) in [6, 6.07) is 16.8. The van der Waals surface area contributed by atoms with Crippen LogP contribution in [0.1, 0.15) is 5.56 Å². The highest BCUT2D eigenvalue weighted by Crippen LogP contribution is 2.29. The predicted molar refractivity (Wildman–Crippen MR) is 80.5 cm³/mol. The van der Waals surface area contributed by atoms with Gasteiger partial charge in [-0.15, -0.1) is 0 Å². The van der Waals surface area contributed by atoms with E-state index >= 15 is 0 Å². The van der Waals surface area contributed by atoms with Gasteiger partial charge < -0.3 is 0 Å². The zero-order valence-corrected chi connectivity index (χ0v) is 12.0. The lowest BCUT2D eigenvalue weighted by Gasteiger charge is -2.06. The molecule has 0 N–H and O–H groups in total. The van der Waals surface area contributed by atoms with Crippen molar-refractivity contribution in [1.82, 2.24) is 0 Å².